The molecule has 6 nitrogen and oxygen atoms in total. The largest absolute Gasteiger partial charge is 0.436 e. The van der Waals surface area contributed by atoms with Crippen LogP contribution in [0, 0.1) is 11.6 Å². The summed E-state index contributed by atoms with van der Waals surface area (Å²) in [6.07, 6.45) is 0. The molecule has 0 unspecified atom stereocenters. The molecule has 0 bridgehead atoms. The van der Waals surface area contributed by atoms with Crippen LogP contribution in [0.3, 0.4) is 0 Å². The number of carbonyl (C=O) groups is 1. The van der Waals surface area contributed by atoms with Crippen molar-refractivity contribution < 1.29 is 18.3 Å². The topological polar surface area (TPSA) is 90.1 Å². The molecule has 1 heterocycles. The fourth-order valence-corrected chi connectivity index (χ4v) is 1.57. The van der Waals surface area contributed by atoms with E-state index in [0.29, 0.717) is 0 Å². The number of rotatable bonds is 3. The van der Waals surface area contributed by atoms with Crippen LogP contribution >= 0.6 is 11.6 Å². The molecule has 110 valence electrons. The summed E-state index contributed by atoms with van der Waals surface area (Å²) in [5, 5.41) is 2.25. The zero-order valence-corrected chi connectivity index (χ0v) is 11.4. The number of nitrogens with one attached hydrogen (secondary N) is 1. The lowest BCUT2D eigenvalue weighted by Gasteiger charge is -2.09. The Bertz CT molecular complexity index is 712. The summed E-state index contributed by atoms with van der Waals surface area (Å²) in [7, 11) is 0. The second-order valence-corrected chi connectivity index (χ2v) is 4.33. The van der Waals surface area contributed by atoms with Gasteiger partial charge in [0.05, 0.1) is 5.69 Å². The number of nitrogens with two attached hydrogens (primary N) is 1. The molecule has 0 aliphatic rings. The van der Waals surface area contributed by atoms with Crippen molar-refractivity contribution in [2.24, 2.45) is 0 Å². The predicted octanol–water partition coefficient (Wildman–Crippen LogP) is 2.74. The number of halogens is 3. The second-order valence-electron chi connectivity index (χ2n) is 3.94. The van der Waals surface area contributed by atoms with Crippen molar-refractivity contribution in [1.82, 2.24) is 9.97 Å². The first kappa shape index (κ1) is 14.9. The lowest BCUT2D eigenvalue weighted by Crippen LogP contribution is -2.09. The molecule has 0 saturated heterocycles. The maximum absolute atomic E-state index is 13.6. The SMILES string of the molecule is CC(=O)Nc1nc(Cl)cc(Oc2cc(F)c(N)cc2F)n1. The number of hydrogen-bond acceptors (Lipinski definition) is 5. The molecule has 0 aliphatic heterocycles. The Morgan fingerprint density at radius 2 is 2.00 bits per heavy atom. The van der Waals surface area contributed by atoms with Gasteiger partial charge in [-0.05, 0) is 0 Å². The number of benzene rings is 1. The maximum atomic E-state index is 13.6. The molecule has 9 heteroatoms. The maximum Gasteiger partial charge on any atom is 0.234 e. The van der Waals surface area contributed by atoms with E-state index >= 15 is 0 Å². The third kappa shape index (κ3) is 3.76. The van der Waals surface area contributed by atoms with E-state index in [2.05, 4.69) is 15.3 Å². The fraction of sp³-hybridized carbons (Fsp3) is 0.0833. The zero-order valence-electron chi connectivity index (χ0n) is 10.7. The van der Waals surface area contributed by atoms with Gasteiger partial charge in [-0.3, -0.25) is 10.1 Å². The molecule has 21 heavy (non-hydrogen) atoms. The number of nitrogen functional groups attached to an aromatic ring is 1. The second kappa shape index (κ2) is 5.88. The molecule has 0 fully saturated rings. The molecule has 1 amide bonds. The molecular weight excluding hydrogens is 306 g/mol. The zero-order chi connectivity index (χ0) is 15.6. The van der Waals surface area contributed by atoms with Crippen molar-refractivity contribution in [2.45, 2.75) is 6.92 Å². The lowest BCUT2D eigenvalue weighted by molar-refractivity contribution is -0.114. The van der Waals surface area contributed by atoms with Gasteiger partial charge in [0.15, 0.2) is 11.6 Å². The van der Waals surface area contributed by atoms with E-state index in [-0.39, 0.29) is 22.7 Å². The highest BCUT2D eigenvalue weighted by Gasteiger charge is 2.12. The minimum absolute atomic E-state index is 0.0416. The molecule has 0 aliphatic carbocycles. The van der Waals surface area contributed by atoms with Gasteiger partial charge < -0.3 is 10.5 Å². The van der Waals surface area contributed by atoms with Gasteiger partial charge >= 0.3 is 0 Å². The molecule has 0 radical (unpaired) electrons. The average molecular weight is 315 g/mol. The number of nitrogens with zero attached hydrogens (tertiary/aromatic N) is 2. The van der Waals surface area contributed by atoms with Crippen LogP contribution in [0.4, 0.5) is 20.4 Å². The van der Waals surface area contributed by atoms with Gasteiger partial charge in [0.1, 0.15) is 11.0 Å². The smallest absolute Gasteiger partial charge is 0.234 e. The summed E-state index contributed by atoms with van der Waals surface area (Å²) in [5.74, 6) is -2.85. The summed E-state index contributed by atoms with van der Waals surface area (Å²) in [6, 6.07) is 2.74. The number of hydrogen-bond donors (Lipinski definition) is 2. The Labute approximate surface area is 122 Å². The van der Waals surface area contributed by atoms with Gasteiger partial charge in [-0.15, -0.1) is 0 Å². The Kier molecular flexibility index (Phi) is 4.18. The van der Waals surface area contributed by atoms with Crippen molar-refractivity contribution in [3.05, 3.63) is 35.0 Å². The van der Waals surface area contributed by atoms with Gasteiger partial charge in [0, 0.05) is 25.1 Å². The Hall–Kier alpha value is -2.48. The number of anilines is 2. The van der Waals surface area contributed by atoms with Crippen LogP contribution in [0.1, 0.15) is 6.92 Å². The van der Waals surface area contributed by atoms with Gasteiger partial charge in [-0.1, -0.05) is 11.6 Å². The van der Waals surface area contributed by atoms with Crippen LogP contribution < -0.4 is 15.8 Å². The van der Waals surface area contributed by atoms with E-state index in [1.165, 1.54) is 13.0 Å². The molecule has 0 atom stereocenters. The summed E-state index contributed by atoms with van der Waals surface area (Å²) in [4.78, 5) is 18.4. The molecule has 2 rings (SSSR count). The molecule has 3 N–H and O–H groups in total. The van der Waals surface area contributed by atoms with Crippen LogP contribution in [0.25, 0.3) is 0 Å². The minimum atomic E-state index is -0.871. The van der Waals surface area contributed by atoms with E-state index in [0.717, 1.165) is 12.1 Å². The van der Waals surface area contributed by atoms with Crippen molar-refractivity contribution in [2.75, 3.05) is 11.1 Å². The number of carbonyl (C=O) groups excluding carboxylic acids is 1. The van der Waals surface area contributed by atoms with Gasteiger partial charge in [-0.25, -0.2) is 13.8 Å². The van der Waals surface area contributed by atoms with Crippen LogP contribution in [0.2, 0.25) is 5.15 Å². The highest BCUT2D eigenvalue weighted by Crippen LogP contribution is 2.28. The van der Waals surface area contributed by atoms with Crippen molar-refractivity contribution in [3.63, 3.8) is 0 Å². The van der Waals surface area contributed by atoms with Gasteiger partial charge in [-0.2, -0.15) is 4.98 Å². The first-order valence-electron chi connectivity index (χ1n) is 5.59. The highest BCUT2D eigenvalue weighted by molar-refractivity contribution is 6.29. The van der Waals surface area contributed by atoms with Crippen LogP contribution in [-0.4, -0.2) is 15.9 Å². The first-order chi connectivity index (χ1) is 9.85. The van der Waals surface area contributed by atoms with E-state index in [1.807, 2.05) is 0 Å². The molecule has 2 aromatic rings. The van der Waals surface area contributed by atoms with E-state index in [1.54, 1.807) is 0 Å². The summed E-state index contributed by atoms with van der Waals surface area (Å²) >= 11 is 5.73. The third-order valence-electron chi connectivity index (χ3n) is 2.22. The number of ether oxygens (including phenoxy) is 1. The van der Waals surface area contributed by atoms with Crippen molar-refractivity contribution >= 4 is 29.1 Å². The monoisotopic (exact) mass is 314 g/mol. The van der Waals surface area contributed by atoms with E-state index < -0.39 is 23.3 Å². The van der Waals surface area contributed by atoms with E-state index in [9.17, 15) is 13.6 Å². The highest BCUT2D eigenvalue weighted by atomic mass is 35.5. The molecular formula is C12H9ClF2N4O2. The van der Waals surface area contributed by atoms with Crippen LogP contribution in [0.5, 0.6) is 11.6 Å². The van der Waals surface area contributed by atoms with Crippen molar-refractivity contribution in [1.29, 1.82) is 0 Å². The number of amides is 1. The molecule has 0 spiro atoms. The number of aromatic nitrogens is 2. The van der Waals surface area contributed by atoms with Gasteiger partial charge in [0.2, 0.25) is 17.7 Å². The quantitative estimate of drug-likeness (QED) is 0.671. The standard InChI is InChI=1S/C12H9ClF2N4O2/c1-5(20)17-12-18-10(13)4-11(19-12)21-9-3-6(14)8(16)2-7(9)15/h2-4H,16H2,1H3,(H,17,18,19,20). The lowest BCUT2D eigenvalue weighted by atomic mass is 10.3. The minimum Gasteiger partial charge on any atom is -0.436 e. The summed E-state index contributed by atoms with van der Waals surface area (Å²) in [5.41, 5.74) is 4.87. The van der Waals surface area contributed by atoms with Crippen molar-refractivity contribution in [3.8, 4) is 11.6 Å². The molecule has 0 saturated carbocycles. The van der Waals surface area contributed by atoms with Crippen LogP contribution in [0.15, 0.2) is 18.2 Å². The molecule has 1 aromatic carbocycles. The normalized spacial score (nSPS) is 10.3. The van der Waals surface area contributed by atoms with E-state index in [4.69, 9.17) is 22.1 Å². The summed E-state index contributed by atoms with van der Waals surface area (Å²) in [6.45, 7) is 1.25. The summed E-state index contributed by atoms with van der Waals surface area (Å²) < 4.78 is 32.0. The third-order valence-corrected chi connectivity index (χ3v) is 2.42. The Morgan fingerprint density at radius 3 is 2.67 bits per heavy atom. The van der Waals surface area contributed by atoms with Crippen LogP contribution in [-0.2, 0) is 4.79 Å². The predicted molar refractivity (Wildman–Crippen MR) is 72.2 cm³/mol. The van der Waals surface area contributed by atoms with Gasteiger partial charge in [0.25, 0.3) is 0 Å². The Balaban J connectivity index is 2.33. The molecule has 1 aromatic heterocycles. The first-order valence-corrected chi connectivity index (χ1v) is 5.97. The fourth-order valence-electron chi connectivity index (χ4n) is 1.40. The Morgan fingerprint density at radius 1 is 1.29 bits per heavy atom. The average Bonchev–Trinajstić information content (AvgIpc) is 2.34.